The third-order valence-electron chi connectivity index (χ3n) is 3.02. The Hall–Kier alpha value is -0.610. The molecule has 4 heteroatoms. The van der Waals surface area contributed by atoms with Crippen molar-refractivity contribution in [3.63, 3.8) is 0 Å². The smallest absolute Gasteiger partial charge is 0.221 e. The van der Waals surface area contributed by atoms with Crippen LogP contribution in [0.5, 0.6) is 0 Å². The Labute approximate surface area is 92.2 Å². The second kappa shape index (κ2) is 6.08. The van der Waals surface area contributed by atoms with Crippen LogP contribution in [0.1, 0.15) is 26.7 Å². The van der Waals surface area contributed by atoms with Gasteiger partial charge in [-0.1, -0.05) is 13.8 Å². The summed E-state index contributed by atoms with van der Waals surface area (Å²) in [5.41, 5.74) is 5.27. The first kappa shape index (κ1) is 12.5. The zero-order chi connectivity index (χ0) is 11.3. The summed E-state index contributed by atoms with van der Waals surface area (Å²) in [5.74, 6) is -0.231. The molecule has 0 aromatic heterocycles. The van der Waals surface area contributed by atoms with E-state index in [0.29, 0.717) is 6.04 Å². The summed E-state index contributed by atoms with van der Waals surface area (Å²) in [6, 6.07) is 0.587. The molecule has 1 saturated heterocycles. The van der Waals surface area contributed by atoms with E-state index in [1.165, 1.54) is 12.8 Å². The first-order valence-corrected chi connectivity index (χ1v) is 5.88. The van der Waals surface area contributed by atoms with Crippen molar-refractivity contribution in [2.24, 2.45) is 11.7 Å². The van der Waals surface area contributed by atoms with Crippen LogP contribution in [-0.2, 0) is 4.79 Å². The molecule has 1 aliphatic rings. The molecule has 0 radical (unpaired) electrons. The quantitative estimate of drug-likeness (QED) is 0.685. The minimum absolute atomic E-state index is 0.0367. The van der Waals surface area contributed by atoms with Crippen LogP contribution < -0.4 is 11.1 Å². The average molecular weight is 213 g/mol. The van der Waals surface area contributed by atoms with E-state index >= 15 is 0 Å². The molecule has 15 heavy (non-hydrogen) atoms. The first-order valence-electron chi connectivity index (χ1n) is 5.88. The van der Waals surface area contributed by atoms with Crippen LogP contribution in [0, 0.1) is 5.92 Å². The topological polar surface area (TPSA) is 58.4 Å². The Balaban J connectivity index is 2.32. The van der Waals surface area contributed by atoms with Crippen LogP contribution in [0.15, 0.2) is 0 Å². The molecule has 0 saturated carbocycles. The van der Waals surface area contributed by atoms with Crippen LogP contribution in [0.2, 0.25) is 0 Å². The van der Waals surface area contributed by atoms with Crippen molar-refractivity contribution in [1.29, 1.82) is 0 Å². The number of likely N-dealkylation sites (N-methyl/N-ethyl adjacent to an activating group) is 1. The summed E-state index contributed by atoms with van der Waals surface area (Å²) in [6.07, 6.45) is 2.46. The summed E-state index contributed by atoms with van der Waals surface area (Å²) in [5, 5.41) is 3.46. The molecular weight excluding hydrogens is 190 g/mol. The highest BCUT2D eigenvalue weighted by atomic mass is 16.1. The molecule has 1 amide bonds. The van der Waals surface area contributed by atoms with Crippen molar-refractivity contribution in [1.82, 2.24) is 10.2 Å². The van der Waals surface area contributed by atoms with Crippen LogP contribution >= 0.6 is 0 Å². The minimum atomic E-state index is -0.194. The maximum absolute atomic E-state index is 11.0. The molecule has 4 nitrogen and oxygen atoms in total. The number of carbonyl (C=O) groups excluding carboxylic acids is 1. The predicted molar refractivity (Wildman–Crippen MR) is 61.5 cm³/mol. The van der Waals surface area contributed by atoms with Crippen molar-refractivity contribution < 1.29 is 4.79 Å². The lowest BCUT2D eigenvalue weighted by molar-refractivity contribution is -0.122. The van der Waals surface area contributed by atoms with Gasteiger partial charge < -0.3 is 16.0 Å². The lowest BCUT2D eigenvalue weighted by Gasteiger charge is -2.34. The molecular formula is C11H23N3O. The van der Waals surface area contributed by atoms with Gasteiger partial charge in [-0.25, -0.2) is 0 Å². The van der Waals surface area contributed by atoms with Gasteiger partial charge >= 0.3 is 0 Å². The molecule has 0 aliphatic carbocycles. The van der Waals surface area contributed by atoms with Gasteiger partial charge in [-0.15, -0.1) is 0 Å². The maximum atomic E-state index is 11.0. The molecule has 0 aromatic rings. The molecule has 2 atom stereocenters. The normalized spacial score (nSPS) is 25.1. The number of carbonyl (C=O) groups is 1. The maximum Gasteiger partial charge on any atom is 0.221 e. The zero-order valence-electron chi connectivity index (χ0n) is 9.83. The second-order valence-electron chi connectivity index (χ2n) is 4.46. The molecule has 1 rings (SSSR count). The third-order valence-corrected chi connectivity index (χ3v) is 3.02. The van der Waals surface area contributed by atoms with Crippen molar-refractivity contribution in [3.05, 3.63) is 0 Å². The van der Waals surface area contributed by atoms with E-state index in [2.05, 4.69) is 17.1 Å². The number of piperidine rings is 1. The number of hydrogen-bond donors (Lipinski definition) is 2. The molecule has 1 aliphatic heterocycles. The monoisotopic (exact) mass is 213 g/mol. The Morgan fingerprint density at radius 3 is 3.00 bits per heavy atom. The van der Waals surface area contributed by atoms with E-state index in [1.54, 1.807) is 0 Å². The molecule has 0 spiro atoms. The number of rotatable bonds is 5. The Morgan fingerprint density at radius 2 is 2.40 bits per heavy atom. The SMILES string of the molecule is CCNC1CCCN(CC(C)C(N)=O)C1. The van der Waals surface area contributed by atoms with E-state index < -0.39 is 0 Å². The molecule has 1 heterocycles. The van der Waals surface area contributed by atoms with Gasteiger partial charge in [0.05, 0.1) is 0 Å². The summed E-state index contributed by atoms with van der Waals surface area (Å²) < 4.78 is 0. The van der Waals surface area contributed by atoms with Gasteiger partial charge in [0.25, 0.3) is 0 Å². The van der Waals surface area contributed by atoms with Gasteiger partial charge in [0, 0.05) is 25.0 Å². The Kier molecular flexibility index (Phi) is 5.05. The number of likely N-dealkylation sites (tertiary alicyclic amines) is 1. The number of amides is 1. The largest absolute Gasteiger partial charge is 0.369 e. The number of hydrogen-bond acceptors (Lipinski definition) is 3. The summed E-state index contributed by atoms with van der Waals surface area (Å²) in [6.45, 7) is 8.00. The minimum Gasteiger partial charge on any atom is -0.369 e. The number of nitrogens with zero attached hydrogens (tertiary/aromatic N) is 1. The van der Waals surface area contributed by atoms with E-state index in [9.17, 15) is 4.79 Å². The van der Waals surface area contributed by atoms with E-state index in [0.717, 1.165) is 26.2 Å². The van der Waals surface area contributed by atoms with Crippen molar-refractivity contribution in [3.8, 4) is 0 Å². The van der Waals surface area contributed by atoms with Gasteiger partial charge in [-0.05, 0) is 25.9 Å². The molecule has 0 aromatic carbocycles. The molecule has 3 N–H and O–H groups in total. The molecule has 88 valence electrons. The molecule has 1 fully saturated rings. The highest BCUT2D eigenvalue weighted by Gasteiger charge is 2.21. The fourth-order valence-corrected chi connectivity index (χ4v) is 2.15. The van der Waals surface area contributed by atoms with E-state index in [-0.39, 0.29) is 11.8 Å². The summed E-state index contributed by atoms with van der Waals surface area (Å²) >= 11 is 0. The lowest BCUT2D eigenvalue weighted by atomic mass is 10.0. The molecule has 2 unspecified atom stereocenters. The summed E-state index contributed by atoms with van der Waals surface area (Å²) in [7, 11) is 0. The highest BCUT2D eigenvalue weighted by molar-refractivity contribution is 5.76. The summed E-state index contributed by atoms with van der Waals surface area (Å²) in [4.78, 5) is 13.3. The van der Waals surface area contributed by atoms with E-state index in [1.807, 2.05) is 6.92 Å². The third kappa shape index (κ3) is 4.18. The number of primary amides is 1. The van der Waals surface area contributed by atoms with E-state index in [4.69, 9.17) is 5.73 Å². The highest BCUT2D eigenvalue weighted by Crippen LogP contribution is 2.11. The van der Waals surface area contributed by atoms with Gasteiger partial charge in [0.1, 0.15) is 0 Å². The van der Waals surface area contributed by atoms with Gasteiger partial charge in [-0.3, -0.25) is 4.79 Å². The first-order chi connectivity index (χ1) is 7.13. The van der Waals surface area contributed by atoms with Crippen LogP contribution in [-0.4, -0.2) is 43.0 Å². The van der Waals surface area contributed by atoms with Crippen molar-refractivity contribution in [2.45, 2.75) is 32.7 Å². The number of nitrogens with one attached hydrogen (secondary N) is 1. The van der Waals surface area contributed by atoms with Crippen LogP contribution in [0.3, 0.4) is 0 Å². The Bertz CT molecular complexity index is 206. The van der Waals surface area contributed by atoms with Gasteiger partial charge in [-0.2, -0.15) is 0 Å². The van der Waals surface area contributed by atoms with Gasteiger partial charge in [0.2, 0.25) is 5.91 Å². The standard InChI is InChI=1S/C11H23N3O/c1-3-13-10-5-4-6-14(8-10)7-9(2)11(12)15/h9-10,13H,3-8H2,1-2H3,(H2,12,15). The Morgan fingerprint density at radius 1 is 1.67 bits per heavy atom. The van der Waals surface area contributed by atoms with Crippen molar-refractivity contribution in [2.75, 3.05) is 26.2 Å². The van der Waals surface area contributed by atoms with Gasteiger partial charge in [0.15, 0.2) is 0 Å². The van der Waals surface area contributed by atoms with Crippen LogP contribution in [0.4, 0.5) is 0 Å². The lowest BCUT2D eigenvalue weighted by Crippen LogP contribution is -2.47. The van der Waals surface area contributed by atoms with Crippen LogP contribution in [0.25, 0.3) is 0 Å². The zero-order valence-corrected chi connectivity index (χ0v) is 9.83. The number of nitrogens with two attached hydrogens (primary N) is 1. The predicted octanol–water partition coefficient (Wildman–Crippen LogP) is 0.182. The molecule has 0 bridgehead atoms. The second-order valence-corrected chi connectivity index (χ2v) is 4.46. The van der Waals surface area contributed by atoms with Crippen molar-refractivity contribution >= 4 is 5.91 Å². The fraction of sp³-hybridized carbons (Fsp3) is 0.909. The average Bonchev–Trinajstić information content (AvgIpc) is 2.18. The fourth-order valence-electron chi connectivity index (χ4n) is 2.15.